The molecule has 0 spiro atoms. The Hall–Kier alpha value is -2.04. The number of hydrogen-bond acceptors (Lipinski definition) is 2. The van der Waals surface area contributed by atoms with Crippen molar-refractivity contribution in [3.63, 3.8) is 0 Å². The van der Waals surface area contributed by atoms with Gasteiger partial charge in [0.1, 0.15) is 5.69 Å². The van der Waals surface area contributed by atoms with Gasteiger partial charge in [0.2, 0.25) is 0 Å². The average Bonchev–Trinajstić information content (AvgIpc) is 2.71. The number of aromatic amines is 1. The van der Waals surface area contributed by atoms with E-state index in [0.29, 0.717) is 0 Å². The van der Waals surface area contributed by atoms with Gasteiger partial charge in [0.15, 0.2) is 0 Å². The second-order valence-electron chi connectivity index (χ2n) is 3.39. The van der Waals surface area contributed by atoms with Gasteiger partial charge in [-0.25, -0.2) is 4.79 Å². The van der Waals surface area contributed by atoms with Crippen molar-refractivity contribution in [2.75, 3.05) is 0 Å². The Balaban J connectivity index is 2.45. The van der Waals surface area contributed by atoms with Gasteiger partial charge in [-0.15, -0.1) is 0 Å². The van der Waals surface area contributed by atoms with Crippen molar-refractivity contribution in [3.8, 4) is 11.4 Å². The van der Waals surface area contributed by atoms with Crippen LogP contribution in [-0.2, 0) is 7.05 Å². The Morgan fingerprint density at radius 2 is 2.27 bits per heavy atom. The van der Waals surface area contributed by atoms with Gasteiger partial charge in [0.05, 0.1) is 17.1 Å². The lowest BCUT2D eigenvalue weighted by atomic mass is 10.3. The number of carboxylic acids is 1. The highest BCUT2D eigenvalue weighted by atomic mass is 16.4. The lowest BCUT2D eigenvalue weighted by Crippen LogP contribution is -1.97. The van der Waals surface area contributed by atoms with Crippen LogP contribution < -0.4 is 0 Å². The molecule has 2 heterocycles. The summed E-state index contributed by atoms with van der Waals surface area (Å²) in [5.74, 6) is -0.958. The van der Waals surface area contributed by atoms with Gasteiger partial charge in [0.25, 0.3) is 0 Å². The van der Waals surface area contributed by atoms with Gasteiger partial charge >= 0.3 is 5.97 Å². The summed E-state index contributed by atoms with van der Waals surface area (Å²) in [6.07, 6.45) is 0. The molecule has 0 fully saturated rings. The number of rotatable bonds is 2. The molecule has 0 aliphatic rings. The number of nitrogens with zero attached hydrogens (tertiary/aromatic N) is 2. The topological polar surface area (TPSA) is 70.9 Å². The van der Waals surface area contributed by atoms with Crippen molar-refractivity contribution in [2.45, 2.75) is 6.92 Å². The predicted octanol–water partition coefficient (Wildman–Crippen LogP) is 1.42. The van der Waals surface area contributed by atoms with Crippen LogP contribution in [0.25, 0.3) is 11.4 Å². The van der Waals surface area contributed by atoms with Gasteiger partial charge in [-0.05, 0) is 25.1 Å². The lowest BCUT2D eigenvalue weighted by molar-refractivity contribution is 0.0691. The molecular formula is C10H11N3O2. The Morgan fingerprint density at radius 1 is 1.53 bits per heavy atom. The quantitative estimate of drug-likeness (QED) is 0.778. The zero-order valence-electron chi connectivity index (χ0n) is 8.48. The highest BCUT2D eigenvalue weighted by molar-refractivity contribution is 5.86. The van der Waals surface area contributed by atoms with E-state index in [1.807, 2.05) is 20.0 Å². The molecule has 0 aliphatic heterocycles. The fourth-order valence-corrected chi connectivity index (χ4v) is 1.53. The van der Waals surface area contributed by atoms with Gasteiger partial charge < -0.3 is 10.1 Å². The van der Waals surface area contributed by atoms with E-state index in [4.69, 9.17) is 5.11 Å². The van der Waals surface area contributed by atoms with Crippen LogP contribution >= 0.6 is 0 Å². The molecule has 0 bridgehead atoms. The minimum atomic E-state index is -0.958. The third-order valence-corrected chi connectivity index (χ3v) is 2.19. The maximum Gasteiger partial charge on any atom is 0.352 e. The molecule has 2 N–H and O–H groups in total. The summed E-state index contributed by atoms with van der Waals surface area (Å²) in [6.45, 7) is 1.89. The molecule has 78 valence electrons. The van der Waals surface area contributed by atoms with E-state index in [0.717, 1.165) is 17.1 Å². The zero-order valence-corrected chi connectivity index (χ0v) is 8.48. The van der Waals surface area contributed by atoms with Crippen LogP contribution in [0.15, 0.2) is 18.2 Å². The lowest BCUT2D eigenvalue weighted by Gasteiger charge is -1.97. The minimum Gasteiger partial charge on any atom is -0.477 e. The third-order valence-electron chi connectivity index (χ3n) is 2.19. The molecule has 2 aromatic heterocycles. The van der Waals surface area contributed by atoms with Gasteiger partial charge in [-0.2, -0.15) is 5.10 Å². The molecule has 0 aromatic carbocycles. The molecule has 0 saturated carbocycles. The van der Waals surface area contributed by atoms with E-state index in [2.05, 4.69) is 10.1 Å². The van der Waals surface area contributed by atoms with E-state index >= 15 is 0 Å². The van der Waals surface area contributed by atoms with Gasteiger partial charge in [0, 0.05) is 7.05 Å². The van der Waals surface area contributed by atoms with Gasteiger partial charge in [-0.3, -0.25) is 4.68 Å². The maximum absolute atomic E-state index is 10.7. The van der Waals surface area contributed by atoms with Crippen molar-refractivity contribution in [1.29, 1.82) is 0 Å². The van der Waals surface area contributed by atoms with Crippen LogP contribution in [0.1, 0.15) is 16.2 Å². The number of carboxylic acid groups (broad SMARTS) is 1. The van der Waals surface area contributed by atoms with Crippen molar-refractivity contribution in [3.05, 3.63) is 29.6 Å². The summed E-state index contributed by atoms with van der Waals surface area (Å²) in [6, 6.07) is 5.18. The first-order valence-electron chi connectivity index (χ1n) is 4.51. The third kappa shape index (κ3) is 1.63. The normalized spacial score (nSPS) is 10.5. The molecule has 2 aromatic rings. The fourth-order valence-electron chi connectivity index (χ4n) is 1.53. The molecule has 0 unspecified atom stereocenters. The van der Waals surface area contributed by atoms with Crippen LogP contribution in [0.2, 0.25) is 0 Å². The molecule has 0 radical (unpaired) electrons. The van der Waals surface area contributed by atoms with E-state index in [9.17, 15) is 4.79 Å². The smallest absolute Gasteiger partial charge is 0.352 e. The Kier molecular flexibility index (Phi) is 2.07. The molecular weight excluding hydrogens is 194 g/mol. The summed E-state index contributed by atoms with van der Waals surface area (Å²) < 4.78 is 1.72. The summed E-state index contributed by atoms with van der Waals surface area (Å²) in [5.41, 5.74) is 2.72. The first kappa shape index (κ1) is 9.51. The number of aryl methyl sites for hydroxylation is 2. The zero-order chi connectivity index (χ0) is 11.0. The summed E-state index contributed by atoms with van der Waals surface area (Å²) in [7, 11) is 1.82. The first-order valence-corrected chi connectivity index (χ1v) is 4.51. The molecule has 5 nitrogen and oxygen atoms in total. The van der Waals surface area contributed by atoms with Crippen molar-refractivity contribution < 1.29 is 9.90 Å². The summed E-state index contributed by atoms with van der Waals surface area (Å²) in [4.78, 5) is 13.5. The van der Waals surface area contributed by atoms with Crippen molar-refractivity contribution in [2.24, 2.45) is 7.05 Å². The Labute approximate surface area is 86.4 Å². The number of carbonyl (C=O) groups is 1. The highest BCUT2D eigenvalue weighted by Gasteiger charge is 2.10. The Bertz CT molecular complexity index is 510. The molecule has 0 amide bonds. The second kappa shape index (κ2) is 3.27. The van der Waals surface area contributed by atoms with Gasteiger partial charge in [-0.1, -0.05) is 0 Å². The second-order valence-corrected chi connectivity index (χ2v) is 3.39. The maximum atomic E-state index is 10.7. The van der Waals surface area contributed by atoms with E-state index in [1.165, 1.54) is 0 Å². The molecule has 0 atom stereocenters. The minimum absolute atomic E-state index is 0.184. The summed E-state index contributed by atoms with van der Waals surface area (Å²) in [5, 5.41) is 13.0. The molecule has 2 rings (SSSR count). The molecule has 15 heavy (non-hydrogen) atoms. The van der Waals surface area contributed by atoms with Crippen LogP contribution in [0, 0.1) is 6.92 Å². The van der Waals surface area contributed by atoms with Crippen LogP contribution in [0.5, 0.6) is 0 Å². The number of H-pyrrole nitrogens is 1. The van der Waals surface area contributed by atoms with E-state index < -0.39 is 5.97 Å². The van der Waals surface area contributed by atoms with Crippen LogP contribution in [-0.4, -0.2) is 25.8 Å². The molecule has 5 heteroatoms. The SMILES string of the molecule is Cc1cc(-c2ccc(C(=O)O)[nH]2)n(C)n1. The molecule has 0 saturated heterocycles. The number of hydrogen-bond donors (Lipinski definition) is 2. The highest BCUT2D eigenvalue weighted by Crippen LogP contribution is 2.18. The summed E-state index contributed by atoms with van der Waals surface area (Å²) >= 11 is 0. The predicted molar refractivity (Wildman–Crippen MR) is 54.7 cm³/mol. The van der Waals surface area contributed by atoms with E-state index in [-0.39, 0.29) is 5.69 Å². The fraction of sp³-hybridized carbons (Fsp3) is 0.200. The first-order chi connectivity index (χ1) is 7.08. The van der Waals surface area contributed by atoms with Crippen molar-refractivity contribution >= 4 is 5.97 Å². The average molecular weight is 205 g/mol. The largest absolute Gasteiger partial charge is 0.477 e. The number of nitrogens with one attached hydrogen (secondary N) is 1. The van der Waals surface area contributed by atoms with Crippen LogP contribution in [0.3, 0.4) is 0 Å². The van der Waals surface area contributed by atoms with Crippen LogP contribution in [0.4, 0.5) is 0 Å². The number of aromatic carboxylic acids is 1. The monoisotopic (exact) mass is 205 g/mol. The van der Waals surface area contributed by atoms with Crippen molar-refractivity contribution in [1.82, 2.24) is 14.8 Å². The standard InChI is InChI=1S/C10H11N3O2/c1-6-5-9(13(2)12-6)7-3-4-8(11-7)10(14)15/h3-5,11H,1-2H3,(H,14,15). The van der Waals surface area contributed by atoms with E-state index in [1.54, 1.807) is 16.8 Å². The Morgan fingerprint density at radius 3 is 2.73 bits per heavy atom. The number of aromatic nitrogens is 3. The molecule has 0 aliphatic carbocycles.